The Bertz CT molecular complexity index is 828. The predicted octanol–water partition coefficient (Wildman–Crippen LogP) is 2.74. The zero-order valence-electron chi connectivity index (χ0n) is 13.8. The molecule has 1 aliphatic heterocycles. The molecule has 9 heteroatoms. The van der Waals surface area contributed by atoms with Gasteiger partial charge in [0.25, 0.3) is 0 Å². The van der Waals surface area contributed by atoms with Gasteiger partial charge in [-0.1, -0.05) is 23.2 Å². The van der Waals surface area contributed by atoms with Crippen LogP contribution in [0.1, 0.15) is 23.2 Å². The molecule has 3 rings (SSSR count). The fraction of sp³-hybridized carbons (Fsp3) is 0.294. The molecule has 7 nitrogen and oxygen atoms in total. The van der Waals surface area contributed by atoms with E-state index in [2.05, 4.69) is 15.5 Å². The fourth-order valence-corrected chi connectivity index (χ4v) is 3.29. The molecule has 0 bridgehead atoms. The molecule has 0 unspecified atom stereocenters. The van der Waals surface area contributed by atoms with Gasteiger partial charge in [0.2, 0.25) is 11.8 Å². The maximum Gasteiger partial charge on any atom is 0.250 e. The molecule has 2 amide bonds. The van der Waals surface area contributed by atoms with Crippen molar-refractivity contribution in [3.05, 3.63) is 46.1 Å². The summed E-state index contributed by atoms with van der Waals surface area (Å²) in [6.45, 7) is 1.34. The number of benzene rings is 1. The second-order valence-corrected chi connectivity index (χ2v) is 6.84. The molecule has 0 saturated carbocycles. The molecule has 0 radical (unpaired) electrons. The van der Waals surface area contributed by atoms with Crippen molar-refractivity contribution >= 4 is 46.5 Å². The van der Waals surface area contributed by atoms with Gasteiger partial charge in [0.15, 0.2) is 11.0 Å². The lowest BCUT2D eigenvalue weighted by molar-refractivity contribution is -0.120. The largest absolute Gasteiger partial charge is 0.366 e. The van der Waals surface area contributed by atoms with E-state index in [1.807, 2.05) is 4.90 Å². The van der Waals surface area contributed by atoms with Crippen molar-refractivity contribution in [2.24, 2.45) is 11.7 Å². The lowest BCUT2D eigenvalue weighted by atomic mass is 9.97. The third-order valence-corrected chi connectivity index (χ3v) is 4.75. The normalized spacial score (nSPS) is 17.0. The molecule has 3 N–H and O–H groups in total. The smallest absolute Gasteiger partial charge is 0.250 e. The number of hydrogen-bond donors (Lipinski definition) is 2. The molecule has 1 aliphatic rings. The number of anilines is 2. The average molecular weight is 394 g/mol. The maximum atomic E-state index is 12.6. The lowest BCUT2D eigenvalue weighted by Crippen LogP contribution is -2.41. The number of rotatable bonds is 4. The molecule has 1 atom stereocenters. The highest BCUT2D eigenvalue weighted by Gasteiger charge is 2.27. The fourth-order valence-electron chi connectivity index (χ4n) is 2.91. The van der Waals surface area contributed by atoms with Gasteiger partial charge in [-0.05, 0) is 43.2 Å². The highest BCUT2D eigenvalue weighted by molar-refractivity contribution is 6.34. The maximum absolute atomic E-state index is 12.6. The molecule has 136 valence electrons. The van der Waals surface area contributed by atoms with Crippen LogP contribution in [0, 0.1) is 5.92 Å². The van der Waals surface area contributed by atoms with Crippen LogP contribution in [0.5, 0.6) is 0 Å². The van der Waals surface area contributed by atoms with Gasteiger partial charge >= 0.3 is 0 Å². The molecule has 26 heavy (non-hydrogen) atoms. The summed E-state index contributed by atoms with van der Waals surface area (Å²) in [5, 5.41) is 11.3. The molecular weight excluding hydrogens is 377 g/mol. The van der Waals surface area contributed by atoms with Crippen LogP contribution in [-0.4, -0.2) is 35.1 Å². The third-order valence-electron chi connectivity index (χ3n) is 4.24. The summed E-state index contributed by atoms with van der Waals surface area (Å²) in [5.74, 6) is -0.226. The van der Waals surface area contributed by atoms with Crippen molar-refractivity contribution in [3.8, 4) is 0 Å². The van der Waals surface area contributed by atoms with Crippen molar-refractivity contribution in [3.63, 3.8) is 0 Å². The van der Waals surface area contributed by atoms with Crippen molar-refractivity contribution in [1.29, 1.82) is 0 Å². The van der Waals surface area contributed by atoms with E-state index in [9.17, 15) is 9.59 Å². The first kappa shape index (κ1) is 18.4. The summed E-state index contributed by atoms with van der Waals surface area (Å²) in [6.07, 6.45) is 1.64. The van der Waals surface area contributed by atoms with Crippen LogP contribution in [0.25, 0.3) is 0 Å². The van der Waals surface area contributed by atoms with E-state index in [1.165, 1.54) is 12.1 Å². The number of nitrogens with one attached hydrogen (secondary N) is 1. The Hall–Kier alpha value is -2.38. The zero-order valence-corrected chi connectivity index (χ0v) is 15.3. The molecule has 2 aromatic rings. The highest BCUT2D eigenvalue weighted by atomic mass is 35.5. The van der Waals surface area contributed by atoms with Gasteiger partial charge < -0.3 is 16.0 Å². The van der Waals surface area contributed by atoms with E-state index in [1.54, 1.807) is 18.2 Å². The predicted molar refractivity (Wildman–Crippen MR) is 101 cm³/mol. The Labute approximate surface area is 160 Å². The van der Waals surface area contributed by atoms with E-state index in [4.69, 9.17) is 28.9 Å². The van der Waals surface area contributed by atoms with Gasteiger partial charge in [-0.2, -0.15) is 0 Å². The van der Waals surface area contributed by atoms with E-state index < -0.39 is 5.91 Å². The summed E-state index contributed by atoms with van der Waals surface area (Å²) in [5.41, 5.74) is 5.97. The van der Waals surface area contributed by atoms with Gasteiger partial charge in [-0.25, -0.2) is 0 Å². The van der Waals surface area contributed by atoms with Crippen LogP contribution >= 0.6 is 23.2 Å². The Morgan fingerprint density at radius 1 is 1.19 bits per heavy atom. The number of primary amides is 1. The molecule has 0 aliphatic carbocycles. The van der Waals surface area contributed by atoms with Crippen LogP contribution in [-0.2, 0) is 4.79 Å². The van der Waals surface area contributed by atoms with Crippen LogP contribution in [0.15, 0.2) is 30.3 Å². The number of aromatic nitrogens is 2. The van der Waals surface area contributed by atoms with Crippen molar-refractivity contribution in [2.75, 3.05) is 23.3 Å². The molecule has 1 saturated heterocycles. The SMILES string of the molecule is NC(=O)c1ccc(NC(=O)[C@H]2CCCN(c3ccc(Cl)nn3)C2)cc1Cl. The summed E-state index contributed by atoms with van der Waals surface area (Å²) in [6, 6.07) is 8.09. The summed E-state index contributed by atoms with van der Waals surface area (Å²) in [4.78, 5) is 25.8. The van der Waals surface area contributed by atoms with Gasteiger partial charge in [-0.3, -0.25) is 9.59 Å². The van der Waals surface area contributed by atoms with Crippen LogP contribution in [0.4, 0.5) is 11.5 Å². The Morgan fingerprint density at radius 2 is 2.00 bits per heavy atom. The van der Waals surface area contributed by atoms with Crippen LogP contribution in [0.3, 0.4) is 0 Å². The van der Waals surface area contributed by atoms with Crippen molar-refractivity contribution in [1.82, 2.24) is 10.2 Å². The Balaban J connectivity index is 1.67. The number of halogens is 2. The minimum atomic E-state index is -0.611. The molecule has 2 heterocycles. The zero-order chi connectivity index (χ0) is 18.7. The van der Waals surface area contributed by atoms with Gasteiger partial charge in [-0.15, -0.1) is 10.2 Å². The number of hydrogen-bond acceptors (Lipinski definition) is 5. The average Bonchev–Trinajstić information content (AvgIpc) is 2.62. The first-order valence-electron chi connectivity index (χ1n) is 8.08. The Kier molecular flexibility index (Phi) is 5.58. The highest BCUT2D eigenvalue weighted by Crippen LogP contribution is 2.25. The number of amides is 2. The lowest BCUT2D eigenvalue weighted by Gasteiger charge is -2.32. The monoisotopic (exact) mass is 393 g/mol. The molecule has 1 aromatic carbocycles. The van der Waals surface area contributed by atoms with Crippen molar-refractivity contribution in [2.45, 2.75) is 12.8 Å². The second kappa shape index (κ2) is 7.88. The van der Waals surface area contributed by atoms with Gasteiger partial charge in [0.1, 0.15) is 0 Å². The first-order chi connectivity index (χ1) is 12.4. The molecular formula is C17H17Cl2N5O2. The summed E-state index contributed by atoms with van der Waals surface area (Å²) in [7, 11) is 0. The van der Waals surface area contributed by atoms with Crippen molar-refractivity contribution < 1.29 is 9.59 Å². The molecule has 1 aromatic heterocycles. The number of carbonyl (C=O) groups is 2. The third kappa shape index (κ3) is 4.23. The number of piperidine rings is 1. The van der Waals surface area contributed by atoms with Gasteiger partial charge in [0, 0.05) is 18.8 Å². The topological polar surface area (TPSA) is 101 Å². The van der Waals surface area contributed by atoms with E-state index in [0.29, 0.717) is 23.2 Å². The number of nitrogens with zero attached hydrogens (tertiary/aromatic N) is 3. The van der Waals surface area contributed by atoms with Gasteiger partial charge in [0.05, 0.1) is 16.5 Å². The molecule has 0 spiro atoms. The van der Waals surface area contributed by atoms with E-state index in [-0.39, 0.29) is 22.4 Å². The number of nitrogens with two attached hydrogens (primary N) is 1. The first-order valence-corrected chi connectivity index (χ1v) is 8.84. The van der Waals surface area contributed by atoms with E-state index in [0.717, 1.165) is 19.4 Å². The second-order valence-electron chi connectivity index (χ2n) is 6.05. The molecule has 1 fully saturated rings. The van der Waals surface area contributed by atoms with Crippen LogP contribution < -0.4 is 16.0 Å². The van der Waals surface area contributed by atoms with Crippen LogP contribution in [0.2, 0.25) is 10.2 Å². The minimum absolute atomic E-state index is 0.112. The minimum Gasteiger partial charge on any atom is -0.366 e. The standard InChI is InChI=1S/C17H17Cl2N5O2/c18-13-8-11(3-4-12(13)16(20)25)21-17(26)10-2-1-7-24(9-10)15-6-5-14(19)22-23-15/h3-6,8,10H,1-2,7,9H2,(H2,20,25)(H,21,26)/t10-/m0/s1. The number of carbonyl (C=O) groups excluding carboxylic acids is 2. The van der Waals surface area contributed by atoms with E-state index >= 15 is 0 Å². The summed E-state index contributed by atoms with van der Waals surface area (Å²) < 4.78 is 0. The Morgan fingerprint density at radius 3 is 2.65 bits per heavy atom. The summed E-state index contributed by atoms with van der Waals surface area (Å²) >= 11 is 11.8. The quantitative estimate of drug-likeness (QED) is 0.831.